The number of hydrogen-bond donors (Lipinski definition) is 4. The first kappa shape index (κ1) is 15.0. The van der Waals surface area contributed by atoms with Crippen molar-refractivity contribution in [2.45, 2.75) is 18.9 Å². The molecule has 2 heterocycles. The van der Waals surface area contributed by atoms with Gasteiger partial charge in [-0.3, -0.25) is 5.41 Å². The second kappa shape index (κ2) is 5.79. The molecule has 1 aromatic carbocycles. The molecule has 0 amide bonds. The van der Waals surface area contributed by atoms with Crippen LogP contribution in [-0.4, -0.2) is 26.7 Å². The molecule has 8 heteroatoms. The fraction of sp³-hybridized carbons (Fsp3) is 0.176. The highest BCUT2D eigenvalue weighted by Gasteiger charge is 2.23. The Morgan fingerprint density at radius 2 is 2.00 bits per heavy atom. The van der Waals surface area contributed by atoms with Crippen molar-refractivity contribution < 1.29 is 4.42 Å². The van der Waals surface area contributed by atoms with Crippen LogP contribution < -0.4 is 16.8 Å². The first-order valence-electron chi connectivity index (χ1n) is 7.74. The van der Waals surface area contributed by atoms with E-state index in [1.54, 1.807) is 0 Å². The van der Waals surface area contributed by atoms with E-state index in [0.717, 1.165) is 12.8 Å². The van der Waals surface area contributed by atoms with Crippen LogP contribution in [0, 0.1) is 17.3 Å². The summed E-state index contributed by atoms with van der Waals surface area (Å²) in [5, 5.41) is 11.3. The molecular weight excluding hydrogens is 318 g/mol. The van der Waals surface area contributed by atoms with E-state index in [-0.39, 0.29) is 22.9 Å². The maximum Gasteiger partial charge on any atom is 0.295 e. The Morgan fingerprint density at radius 1 is 1.24 bits per heavy atom. The highest BCUT2D eigenvalue weighted by atomic mass is 16.4. The van der Waals surface area contributed by atoms with E-state index in [9.17, 15) is 0 Å². The summed E-state index contributed by atoms with van der Waals surface area (Å²) in [6.45, 7) is 0. The second-order valence-corrected chi connectivity index (χ2v) is 5.76. The molecular formula is C17H15N7O. The van der Waals surface area contributed by atoms with Crippen LogP contribution in [0.5, 0.6) is 0 Å². The number of fused-ring (bicyclic) bond motifs is 1. The maximum absolute atomic E-state index is 8.05. The van der Waals surface area contributed by atoms with E-state index in [1.165, 1.54) is 6.33 Å². The third kappa shape index (κ3) is 3.07. The Labute approximate surface area is 143 Å². The average Bonchev–Trinajstić information content (AvgIpc) is 3.29. The fourth-order valence-corrected chi connectivity index (χ4v) is 2.34. The Balaban J connectivity index is 1.60. The van der Waals surface area contributed by atoms with Crippen molar-refractivity contribution in [3.8, 4) is 11.8 Å². The van der Waals surface area contributed by atoms with Gasteiger partial charge in [0, 0.05) is 11.6 Å². The van der Waals surface area contributed by atoms with Crippen LogP contribution in [-0.2, 0) is 0 Å². The Hall–Kier alpha value is -3.60. The minimum atomic E-state index is -0.0352. The van der Waals surface area contributed by atoms with Gasteiger partial charge >= 0.3 is 0 Å². The van der Waals surface area contributed by atoms with Gasteiger partial charge in [0.25, 0.3) is 6.01 Å². The normalized spacial score (nSPS) is 13.3. The molecule has 0 aliphatic heterocycles. The van der Waals surface area contributed by atoms with Gasteiger partial charge in [-0.15, -0.1) is 0 Å². The Morgan fingerprint density at radius 3 is 2.72 bits per heavy atom. The number of nitrogens with two attached hydrogens (primary N) is 2. The fourth-order valence-electron chi connectivity index (χ4n) is 2.34. The zero-order chi connectivity index (χ0) is 17.4. The second-order valence-electron chi connectivity index (χ2n) is 5.76. The monoisotopic (exact) mass is 333 g/mol. The number of nitrogens with zero attached hydrogens (tertiary/aromatic N) is 3. The van der Waals surface area contributed by atoms with Crippen LogP contribution >= 0.6 is 0 Å². The van der Waals surface area contributed by atoms with Crippen molar-refractivity contribution in [1.82, 2.24) is 15.0 Å². The molecule has 0 atom stereocenters. The smallest absolute Gasteiger partial charge is 0.295 e. The molecule has 1 fully saturated rings. The third-order valence-electron chi connectivity index (χ3n) is 3.78. The van der Waals surface area contributed by atoms with Gasteiger partial charge in [-0.1, -0.05) is 5.92 Å². The molecule has 1 aliphatic rings. The summed E-state index contributed by atoms with van der Waals surface area (Å²) in [4.78, 5) is 12.1. The number of aromatic nitrogens is 3. The van der Waals surface area contributed by atoms with Crippen molar-refractivity contribution in [3.63, 3.8) is 0 Å². The van der Waals surface area contributed by atoms with Crippen molar-refractivity contribution >= 4 is 34.5 Å². The number of nitrogens with one attached hydrogen (secondary N) is 2. The van der Waals surface area contributed by atoms with Gasteiger partial charge in [0.05, 0.1) is 5.56 Å². The van der Waals surface area contributed by atoms with Crippen molar-refractivity contribution in [2.24, 2.45) is 0 Å². The van der Waals surface area contributed by atoms with Crippen LogP contribution in [0.1, 0.15) is 24.0 Å². The number of hydrogen-bond acceptors (Lipinski definition) is 8. The highest BCUT2D eigenvalue weighted by molar-refractivity contribution is 6.16. The SMILES string of the molecule is N=C(C#Cc1ccc2oc(NC3CC3)nc2c1)c1c(N)ncnc1N. The van der Waals surface area contributed by atoms with Gasteiger partial charge < -0.3 is 21.2 Å². The van der Waals surface area contributed by atoms with E-state index in [0.29, 0.717) is 28.7 Å². The zero-order valence-electron chi connectivity index (χ0n) is 13.2. The number of nitrogen functional groups attached to an aromatic ring is 2. The van der Waals surface area contributed by atoms with Gasteiger partial charge in [-0.2, -0.15) is 4.98 Å². The average molecular weight is 333 g/mol. The standard InChI is InChI=1S/C17H15N7O/c18-11(14-15(19)21-8-22-16(14)20)5-1-9-2-6-13-12(7-9)24-17(25-13)23-10-3-4-10/h2,6-8,10,18H,3-4H2,(H,23,24)(H4,19,20,21,22). The molecule has 25 heavy (non-hydrogen) atoms. The summed E-state index contributed by atoms with van der Waals surface area (Å²) in [6.07, 6.45) is 3.54. The van der Waals surface area contributed by atoms with E-state index >= 15 is 0 Å². The topological polar surface area (TPSA) is 140 Å². The summed E-state index contributed by atoms with van der Waals surface area (Å²) in [6, 6.07) is 6.42. The predicted octanol–water partition coefficient (Wildman–Crippen LogP) is 1.78. The molecule has 4 rings (SSSR count). The summed E-state index contributed by atoms with van der Waals surface area (Å²) >= 11 is 0. The largest absolute Gasteiger partial charge is 0.424 e. The molecule has 0 radical (unpaired) electrons. The van der Waals surface area contributed by atoms with Crippen molar-refractivity contribution in [1.29, 1.82) is 5.41 Å². The lowest BCUT2D eigenvalue weighted by molar-refractivity contribution is 0.614. The van der Waals surface area contributed by atoms with E-state index in [2.05, 4.69) is 32.1 Å². The van der Waals surface area contributed by atoms with Crippen LogP contribution in [0.15, 0.2) is 28.9 Å². The van der Waals surface area contributed by atoms with Crippen molar-refractivity contribution in [2.75, 3.05) is 16.8 Å². The molecule has 8 nitrogen and oxygen atoms in total. The summed E-state index contributed by atoms with van der Waals surface area (Å²) in [5.41, 5.74) is 13.8. The molecule has 124 valence electrons. The summed E-state index contributed by atoms with van der Waals surface area (Å²) in [5.74, 6) is 5.91. The molecule has 6 N–H and O–H groups in total. The first-order valence-corrected chi connectivity index (χ1v) is 7.74. The molecule has 0 bridgehead atoms. The van der Waals surface area contributed by atoms with Gasteiger partial charge in [0.1, 0.15) is 29.2 Å². The van der Waals surface area contributed by atoms with Crippen LogP contribution in [0.25, 0.3) is 11.1 Å². The maximum atomic E-state index is 8.05. The third-order valence-corrected chi connectivity index (χ3v) is 3.78. The molecule has 2 aromatic heterocycles. The lowest BCUT2D eigenvalue weighted by Crippen LogP contribution is -2.09. The molecule has 1 saturated carbocycles. The van der Waals surface area contributed by atoms with Crippen LogP contribution in [0.3, 0.4) is 0 Å². The molecule has 1 aliphatic carbocycles. The number of oxazole rings is 1. The molecule has 0 spiro atoms. The lowest BCUT2D eigenvalue weighted by Gasteiger charge is -2.03. The van der Waals surface area contributed by atoms with Crippen molar-refractivity contribution in [3.05, 3.63) is 35.7 Å². The first-order chi connectivity index (χ1) is 12.1. The van der Waals surface area contributed by atoms with Crippen LogP contribution in [0.4, 0.5) is 17.7 Å². The van der Waals surface area contributed by atoms with E-state index < -0.39 is 0 Å². The minimum absolute atomic E-state index is 0.0352. The lowest BCUT2D eigenvalue weighted by atomic mass is 10.1. The molecule has 0 saturated heterocycles. The van der Waals surface area contributed by atoms with E-state index in [4.69, 9.17) is 21.3 Å². The number of anilines is 3. The highest BCUT2D eigenvalue weighted by Crippen LogP contribution is 2.27. The predicted molar refractivity (Wildman–Crippen MR) is 95.2 cm³/mol. The number of benzene rings is 1. The van der Waals surface area contributed by atoms with Gasteiger partial charge in [-0.05, 0) is 37.0 Å². The Bertz CT molecular complexity index is 1020. The van der Waals surface area contributed by atoms with Gasteiger partial charge in [-0.25, -0.2) is 9.97 Å². The van der Waals surface area contributed by atoms with Crippen LogP contribution in [0.2, 0.25) is 0 Å². The summed E-state index contributed by atoms with van der Waals surface area (Å²) < 4.78 is 5.64. The Kier molecular flexibility index (Phi) is 3.47. The zero-order valence-corrected chi connectivity index (χ0v) is 13.2. The molecule has 3 aromatic rings. The van der Waals surface area contributed by atoms with E-state index in [1.807, 2.05) is 18.2 Å². The molecule has 0 unspecified atom stereocenters. The van der Waals surface area contributed by atoms with Gasteiger partial charge in [0.2, 0.25) is 0 Å². The number of rotatable bonds is 3. The van der Waals surface area contributed by atoms with Gasteiger partial charge in [0.15, 0.2) is 5.58 Å². The quantitative estimate of drug-likeness (QED) is 0.423. The summed E-state index contributed by atoms with van der Waals surface area (Å²) in [7, 11) is 0. The minimum Gasteiger partial charge on any atom is -0.424 e.